The Morgan fingerprint density at radius 1 is 1.38 bits per heavy atom. The molecule has 170 valence electrons. The molecule has 1 fully saturated rings. The Morgan fingerprint density at radius 3 is 2.94 bits per heavy atom. The van der Waals surface area contributed by atoms with E-state index >= 15 is 0 Å². The lowest BCUT2D eigenvalue weighted by Gasteiger charge is -2.32. The van der Waals surface area contributed by atoms with Crippen molar-refractivity contribution in [2.75, 3.05) is 18.4 Å². The zero-order chi connectivity index (χ0) is 22.9. The number of carbonyl (C=O) groups is 2. The van der Waals surface area contributed by atoms with Gasteiger partial charge in [0.15, 0.2) is 6.10 Å². The number of benzene rings is 1. The molecule has 2 aliphatic rings. The van der Waals surface area contributed by atoms with Crippen molar-refractivity contribution in [3.8, 4) is 5.75 Å². The van der Waals surface area contributed by atoms with Crippen LogP contribution in [0.15, 0.2) is 41.6 Å². The van der Waals surface area contributed by atoms with Crippen molar-refractivity contribution in [2.24, 2.45) is 5.92 Å². The number of nitrogens with one attached hydrogen (secondary N) is 2. The number of ether oxygens (including phenoxy) is 1. The second kappa shape index (κ2) is 8.87. The van der Waals surface area contributed by atoms with E-state index in [1.807, 2.05) is 6.07 Å². The van der Waals surface area contributed by atoms with Gasteiger partial charge in [0.1, 0.15) is 5.75 Å². The number of pyridine rings is 1. The van der Waals surface area contributed by atoms with Gasteiger partial charge in [-0.2, -0.15) is 4.31 Å². The van der Waals surface area contributed by atoms with Crippen LogP contribution in [0.1, 0.15) is 30.9 Å². The summed E-state index contributed by atoms with van der Waals surface area (Å²) in [6.07, 6.45) is 3.86. The fourth-order valence-electron chi connectivity index (χ4n) is 3.97. The zero-order valence-electron chi connectivity index (χ0n) is 18.0. The highest BCUT2D eigenvalue weighted by molar-refractivity contribution is 7.89. The highest BCUT2D eigenvalue weighted by Crippen LogP contribution is 2.36. The topological polar surface area (TPSA) is 118 Å². The number of aryl methyl sites for hydroxylation is 1. The van der Waals surface area contributed by atoms with Crippen LogP contribution in [0, 0.1) is 12.8 Å². The molecule has 2 aliphatic heterocycles. The number of nitrogens with zero attached hydrogens (tertiary/aromatic N) is 2. The van der Waals surface area contributed by atoms with Crippen LogP contribution < -0.4 is 15.4 Å². The predicted octanol–water partition coefficient (Wildman–Crippen LogP) is 1.83. The summed E-state index contributed by atoms with van der Waals surface area (Å²) in [5.41, 5.74) is 1.84. The first-order valence-corrected chi connectivity index (χ1v) is 12.0. The van der Waals surface area contributed by atoms with Gasteiger partial charge in [0.2, 0.25) is 15.9 Å². The fraction of sp³-hybridized carbons (Fsp3) is 0.409. The minimum absolute atomic E-state index is 0.117. The minimum atomic E-state index is -3.84. The first-order valence-electron chi connectivity index (χ1n) is 10.5. The normalized spacial score (nSPS) is 21.2. The molecule has 1 aromatic carbocycles. The number of hydrogen-bond donors (Lipinski definition) is 2. The molecule has 0 unspecified atom stereocenters. The second-order valence-corrected chi connectivity index (χ2v) is 10.1. The van der Waals surface area contributed by atoms with Crippen LogP contribution in [0.4, 0.5) is 5.69 Å². The molecule has 0 bridgehead atoms. The van der Waals surface area contributed by atoms with E-state index in [0.29, 0.717) is 42.9 Å². The lowest BCUT2D eigenvalue weighted by atomic mass is 9.99. The van der Waals surface area contributed by atoms with Crippen LogP contribution in [-0.2, 0) is 26.2 Å². The van der Waals surface area contributed by atoms with Gasteiger partial charge in [-0.1, -0.05) is 6.07 Å². The predicted molar refractivity (Wildman–Crippen MR) is 117 cm³/mol. The van der Waals surface area contributed by atoms with Crippen LogP contribution in [0.3, 0.4) is 0 Å². The maximum atomic E-state index is 13.4. The molecule has 0 saturated carbocycles. The van der Waals surface area contributed by atoms with Gasteiger partial charge >= 0.3 is 0 Å². The standard InChI is InChI=1S/C22H26N4O5S/c1-14-9-18-19(31-15(2)21(27)25-18)10-20(14)32(29,30)26-8-4-6-17(13-26)22(28)24-12-16-5-3-7-23-11-16/h3,5,7,9-11,15,17H,4,6,8,12-13H2,1-2H3,(H,24,28)(H,25,27)/t15-,17-/m1/s1. The third kappa shape index (κ3) is 4.46. The van der Waals surface area contributed by atoms with Gasteiger partial charge < -0.3 is 15.4 Å². The summed E-state index contributed by atoms with van der Waals surface area (Å²) >= 11 is 0. The lowest BCUT2D eigenvalue weighted by molar-refractivity contribution is -0.126. The van der Waals surface area contributed by atoms with E-state index in [4.69, 9.17) is 4.74 Å². The summed E-state index contributed by atoms with van der Waals surface area (Å²) in [5, 5.41) is 5.61. The maximum Gasteiger partial charge on any atom is 0.265 e. The zero-order valence-corrected chi connectivity index (χ0v) is 18.8. The average molecular weight is 459 g/mol. The number of hydrogen-bond acceptors (Lipinski definition) is 6. The summed E-state index contributed by atoms with van der Waals surface area (Å²) in [7, 11) is -3.84. The Morgan fingerprint density at radius 2 is 2.19 bits per heavy atom. The van der Waals surface area contributed by atoms with Crippen molar-refractivity contribution in [1.82, 2.24) is 14.6 Å². The van der Waals surface area contributed by atoms with Gasteiger partial charge in [0, 0.05) is 38.1 Å². The molecule has 3 heterocycles. The second-order valence-electron chi connectivity index (χ2n) is 8.14. The highest BCUT2D eigenvalue weighted by Gasteiger charge is 2.35. The van der Waals surface area contributed by atoms with Gasteiger partial charge in [-0.05, 0) is 49.9 Å². The molecule has 1 aromatic heterocycles. The summed E-state index contributed by atoms with van der Waals surface area (Å²) in [4.78, 5) is 28.7. The van der Waals surface area contributed by atoms with Crippen molar-refractivity contribution < 1.29 is 22.7 Å². The van der Waals surface area contributed by atoms with Crippen LogP contribution in [0.5, 0.6) is 5.75 Å². The lowest BCUT2D eigenvalue weighted by Crippen LogP contribution is -2.45. The van der Waals surface area contributed by atoms with Gasteiger partial charge in [-0.3, -0.25) is 14.6 Å². The molecule has 32 heavy (non-hydrogen) atoms. The van der Waals surface area contributed by atoms with Gasteiger partial charge in [0.05, 0.1) is 16.5 Å². The molecule has 10 heteroatoms. The number of rotatable bonds is 5. The largest absolute Gasteiger partial charge is 0.479 e. The number of piperidine rings is 1. The molecule has 4 rings (SSSR count). The Labute approximate surface area is 187 Å². The highest BCUT2D eigenvalue weighted by atomic mass is 32.2. The Kier molecular flexibility index (Phi) is 6.16. The molecule has 2 N–H and O–H groups in total. The number of aromatic nitrogens is 1. The van der Waals surface area contributed by atoms with Gasteiger partial charge in [-0.15, -0.1) is 0 Å². The Hall–Kier alpha value is -2.98. The van der Waals surface area contributed by atoms with E-state index in [1.54, 1.807) is 38.4 Å². The van der Waals surface area contributed by atoms with Crippen LogP contribution in [0.2, 0.25) is 0 Å². The monoisotopic (exact) mass is 458 g/mol. The Balaban J connectivity index is 1.50. The molecule has 0 radical (unpaired) electrons. The number of fused-ring (bicyclic) bond motifs is 1. The third-order valence-electron chi connectivity index (χ3n) is 5.77. The van der Waals surface area contributed by atoms with E-state index in [2.05, 4.69) is 15.6 Å². The van der Waals surface area contributed by atoms with Crippen LogP contribution in [0.25, 0.3) is 0 Å². The number of anilines is 1. The minimum Gasteiger partial charge on any atom is -0.479 e. The maximum absolute atomic E-state index is 13.4. The SMILES string of the molecule is Cc1cc2c(cc1S(=O)(=O)N1CCC[C@@H](C(=O)NCc3cccnc3)C1)O[C@H](C)C(=O)N2. The average Bonchev–Trinajstić information content (AvgIpc) is 2.79. The number of carbonyl (C=O) groups excluding carboxylic acids is 2. The van der Waals surface area contributed by atoms with E-state index in [9.17, 15) is 18.0 Å². The molecule has 0 spiro atoms. The summed E-state index contributed by atoms with van der Waals surface area (Å²) < 4.78 is 33.8. The van der Waals surface area contributed by atoms with E-state index in [1.165, 1.54) is 10.4 Å². The smallest absolute Gasteiger partial charge is 0.265 e. The van der Waals surface area contributed by atoms with Crippen molar-refractivity contribution in [3.05, 3.63) is 47.8 Å². The van der Waals surface area contributed by atoms with Crippen molar-refractivity contribution in [2.45, 2.75) is 44.2 Å². The molecular weight excluding hydrogens is 432 g/mol. The third-order valence-corrected chi connectivity index (χ3v) is 7.78. The van der Waals surface area contributed by atoms with Crippen molar-refractivity contribution in [3.63, 3.8) is 0 Å². The quantitative estimate of drug-likeness (QED) is 0.706. The summed E-state index contributed by atoms with van der Waals surface area (Å²) in [6, 6.07) is 6.73. The summed E-state index contributed by atoms with van der Waals surface area (Å²) in [6.45, 7) is 4.09. The first kappa shape index (κ1) is 22.2. The van der Waals surface area contributed by atoms with Gasteiger partial charge in [0.25, 0.3) is 5.91 Å². The molecular formula is C22H26N4O5S. The Bertz CT molecular complexity index is 1140. The first-order chi connectivity index (χ1) is 15.3. The number of amides is 2. The van der Waals surface area contributed by atoms with Crippen LogP contribution >= 0.6 is 0 Å². The fourth-order valence-corrected chi connectivity index (χ4v) is 5.72. The van der Waals surface area contributed by atoms with Crippen molar-refractivity contribution in [1.29, 1.82) is 0 Å². The van der Waals surface area contributed by atoms with Crippen molar-refractivity contribution >= 4 is 27.5 Å². The molecule has 2 amide bonds. The van der Waals surface area contributed by atoms with E-state index in [0.717, 1.165) is 5.56 Å². The molecule has 2 atom stereocenters. The van der Waals surface area contributed by atoms with Gasteiger partial charge in [-0.25, -0.2) is 8.42 Å². The molecule has 9 nitrogen and oxygen atoms in total. The molecule has 1 saturated heterocycles. The van der Waals surface area contributed by atoms with E-state index < -0.39 is 22.0 Å². The molecule has 2 aromatic rings. The molecule has 0 aliphatic carbocycles. The van der Waals surface area contributed by atoms with Crippen LogP contribution in [-0.4, -0.2) is 48.7 Å². The van der Waals surface area contributed by atoms with E-state index in [-0.39, 0.29) is 23.3 Å². The number of sulfonamides is 1. The summed E-state index contributed by atoms with van der Waals surface area (Å²) in [5.74, 6) is -0.549.